The Kier molecular flexibility index (Phi) is 6.82. The number of aliphatic carboxylic acids is 1. The van der Waals surface area contributed by atoms with Crippen LogP contribution >= 0.6 is 0 Å². The molecule has 0 unspecified atom stereocenters. The Morgan fingerprint density at radius 2 is 1.70 bits per heavy atom. The van der Waals surface area contributed by atoms with Crippen LogP contribution in [0.25, 0.3) is 10.8 Å². The Morgan fingerprint density at radius 1 is 0.975 bits per heavy atom. The van der Waals surface area contributed by atoms with E-state index in [1.807, 2.05) is 48.5 Å². The minimum absolute atomic E-state index is 0.0278. The Labute approximate surface area is 232 Å². The zero-order valence-electron chi connectivity index (χ0n) is 22.3. The van der Waals surface area contributed by atoms with Crippen LogP contribution in [0.1, 0.15) is 61.1 Å². The average Bonchev–Trinajstić information content (AvgIpc) is 3.39. The molecule has 0 aliphatic heterocycles. The van der Waals surface area contributed by atoms with Crippen LogP contribution in [-0.4, -0.2) is 26.7 Å². The van der Waals surface area contributed by atoms with Crippen molar-refractivity contribution in [3.05, 3.63) is 95.4 Å². The van der Waals surface area contributed by atoms with E-state index in [0.29, 0.717) is 42.3 Å². The first kappa shape index (κ1) is 26.1. The van der Waals surface area contributed by atoms with Crippen LogP contribution in [0.4, 0.5) is 10.1 Å². The normalized spacial score (nSPS) is 17.1. The molecule has 6 nitrogen and oxygen atoms in total. The number of hydrogen-bond donors (Lipinski definition) is 3. The van der Waals surface area contributed by atoms with E-state index in [1.54, 1.807) is 22.9 Å². The molecule has 4 aromatic rings. The molecule has 6 rings (SSSR count). The van der Waals surface area contributed by atoms with E-state index in [2.05, 4.69) is 5.32 Å². The van der Waals surface area contributed by atoms with Gasteiger partial charge in [0.05, 0.1) is 17.9 Å². The minimum atomic E-state index is -0.751. The third-order valence-electron chi connectivity index (χ3n) is 8.74. The van der Waals surface area contributed by atoms with Crippen LogP contribution in [0.5, 0.6) is 5.88 Å². The molecule has 0 spiro atoms. The zero-order valence-corrected chi connectivity index (χ0v) is 22.3. The molecule has 1 heterocycles. The number of amides is 1. The molecule has 3 N–H and O–H groups in total. The lowest BCUT2D eigenvalue weighted by atomic mass is 9.83. The molecular formula is C33H33FN2O4. The predicted molar refractivity (Wildman–Crippen MR) is 152 cm³/mol. The smallest absolute Gasteiger partial charge is 0.309 e. The highest BCUT2D eigenvalue weighted by atomic mass is 19.1. The Hall–Kier alpha value is -4.13. The van der Waals surface area contributed by atoms with Crippen LogP contribution in [-0.2, 0) is 22.6 Å². The number of nitrogens with zero attached hydrogens (tertiary/aromatic N) is 1. The van der Waals surface area contributed by atoms with Crippen LogP contribution in [0.3, 0.4) is 0 Å². The van der Waals surface area contributed by atoms with Crippen LogP contribution in [0, 0.1) is 17.2 Å². The molecule has 0 bridgehead atoms. The first-order valence-electron chi connectivity index (χ1n) is 14.0. The predicted octanol–water partition coefficient (Wildman–Crippen LogP) is 6.85. The number of rotatable bonds is 9. The summed E-state index contributed by atoms with van der Waals surface area (Å²) < 4.78 is 15.8. The van der Waals surface area contributed by atoms with Crippen LogP contribution in [0.15, 0.2) is 72.9 Å². The molecule has 1 atom stereocenters. The molecule has 1 aromatic heterocycles. The summed E-state index contributed by atoms with van der Waals surface area (Å²) in [7, 11) is 0. The molecule has 7 heteroatoms. The van der Waals surface area contributed by atoms with Crippen LogP contribution in [0.2, 0.25) is 0 Å². The van der Waals surface area contributed by atoms with Gasteiger partial charge in [0.2, 0.25) is 5.91 Å². The van der Waals surface area contributed by atoms with E-state index in [-0.39, 0.29) is 29.4 Å². The molecule has 0 radical (unpaired) electrons. The first-order chi connectivity index (χ1) is 19.3. The quantitative estimate of drug-likeness (QED) is 0.216. The number of anilines is 1. The third-order valence-corrected chi connectivity index (χ3v) is 8.74. The van der Waals surface area contributed by atoms with Crippen molar-refractivity contribution in [1.82, 2.24) is 4.57 Å². The van der Waals surface area contributed by atoms with Crippen molar-refractivity contribution in [2.24, 2.45) is 11.3 Å². The lowest BCUT2D eigenvalue weighted by molar-refractivity contribution is -0.143. The number of halogens is 1. The second kappa shape index (κ2) is 10.5. The molecular weight excluding hydrogens is 507 g/mol. The van der Waals surface area contributed by atoms with Crippen molar-refractivity contribution >= 4 is 28.3 Å². The van der Waals surface area contributed by atoms with Gasteiger partial charge in [-0.2, -0.15) is 0 Å². The van der Waals surface area contributed by atoms with E-state index in [9.17, 15) is 24.2 Å². The fourth-order valence-electron chi connectivity index (χ4n) is 6.30. The van der Waals surface area contributed by atoms with Gasteiger partial charge in [-0.3, -0.25) is 9.59 Å². The highest BCUT2D eigenvalue weighted by molar-refractivity contribution is 5.96. The number of nitrogens with one attached hydrogen (secondary N) is 1. The largest absolute Gasteiger partial charge is 0.494 e. The SMILES string of the molecule is O=C(Nc1cccc(CC2(C(=O)O)CC2)c1)[C@H](c1ccc(Cn2cc3c(F)cccc3c2O)cc1)C1CCCC1. The van der Waals surface area contributed by atoms with Crippen LogP contribution < -0.4 is 5.32 Å². The number of fused-ring (bicyclic) bond motifs is 1. The lowest BCUT2D eigenvalue weighted by Gasteiger charge is -2.24. The molecule has 0 saturated heterocycles. The number of carbonyl (C=O) groups excluding carboxylic acids is 1. The van der Waals surface area contributed by atoms with Gasteiger partial charge in [0.25, 0.3) is 0 Å². The molecule has 2 aliphatic carbocycles. The highest BCUT2D eigenvalue weighted by Crippen LogP contribution is 2.48. The Balaban J connectivity index is 1.20. The van der Waals surface area contributed by atoms with E-state index < -0.39 is 11.4 Å². The van der Waals surface area contributed by atoms with Crippen molar-refractivity contribution in [3.8, 4) is 5.88 Å². The van der Waals surface area contributed by atoms with Gasteiger partial charge in [-0.15, -0.1) is 0 Å². The van der Waals surface area contributed by atoms with Gasteiger partial charge in [-0.05, 0) is 79.0 Å². The Bertz CT molecular complexity index is 1570. The minimum Gasteiger partial charge on any atom is -0.494 e. The van der Waals surface area contributed by atoms with E-state index in [0.717, 1.165) is 42.4 Å². The third kappa shape index (κ3) is 5.08. The number of benzene rings is 3. The number of carboxylic acid groups (broad SMARTS) is 1. The summed E-state index contributed by atoms with van der Waals surface area (Å²) in [6.45, 7) is 0.380. The monoisotopic (exact) mass is 540 g/mol. The van der Waals surface area contributed by atoms with E-state index in [4.69, 9.17) is 0 Å². The summed E-state index contributed by atoms with van der Waals surface area (Å²) in [4.78, 5) is 25.3. The molecule has 206 valence electrons. The van der Waals surface area contributed by atoms with Crippen molar-refractivity contribution in [3.63, 3.8) is 0 Å². The van der Waals surface area contributed by atoms with Gasteiger partial charge in [0.1, 0.15) is 5.82 Å². The summed E-state index contributed by atoms with van der Waals surface area (Å²) in [5.74, 6) is -1.20. The molecule has 2 aliphatic rings. The summed E-state index contributed by atoms with van der Waals surface area (Å²) in [6.07, 6.45) is 7.68. The van der Waals surface area contributed by atoms with E-state index in [1.165, 1.54) is 6.07 Å². The number of aromatic hydroxyl groups is 1. The van der Waals surface area contributed by atoms with Gasteiger partial charge in [-0.25, -0.2) is 4.39 Å². The fraction of sp³-hybridized carbons (Fsp3) is 0.333. The van der Waals surface area contributed by atoms with Gasteiger partial charge in [0.15, 0.2) is 5.88 Å². The fourth-order valence-corrected chi connectivity index (χ4v) is 6.30. The van der Waals surface area contributed by atoms with Gasteiger partial charge in [0, 0.05) is 22.7 Å². The molecule has 2 fully saturated rings. The maximum absolute atomic E-state index is 14.2. The van der Waals surface area contributed by atoms with Gasteiger partial charge >= 0.3 is 5.97 Å². The zero-order chi connectivity index (χ0) is 27.9. The number of hydrogen-bond acceptors (Lipinski definition) is 3. The molecule has 40 heavy (non-hydrogen) atoms. The number of aromatic nitrogens is 1. The van der Waals surface area contributed by atoms with Crippen molar-refractivity contribution < 1.29 is 24.2 Å². The van der Waals surface area contributed by atoms with E-state index >= 15 is 0 Å². The Morgan fingerprint density at radius 3 is 2.38 bits per heavy atom. The van der Waals surface area contributed by atoms with Crippen molar-refractivity contribution in [2.75, 3.05) is 5.32 Å². The van der Waals surface area contributed by atoms with Crippen molar-refractivity contribution in [2.45, 2.75) is 57.4 Å². The summed E-state index contributed by atoms with van der Waals surface area (Å²) in [5, 5.41) is 24.1. The number of carbonyl (C=O) groups is 2. The molecule has 3 aromatic carbocycles. The second-order valence-corrected chi connectivity index (χ2v) is 11.5. The maximum Gasteiger partial charge on any atom is 0.309 e. The maximum atomic E-state index is 14.2. The van der Waals surface area contributed by atoms with Gasteiger partial charge < -0.3 is 20.1 Å². The summed E-state index contributed by atoms with van der Waals surface area (Å²) in [6, 6.07) is 20.1. The average molecular weight is 541 g/mol. The topological polar surface area (TPSA) is 91.6 Å². The second-order valence-electron chi connectivity index (χ2n) is 11.5. The van der Waals surface area contributed by atoms with Gasteiger partial charge in [-0.1, -0.05) is 55.3 Å². The first-order valence-corrected chi connectivity index (χ1v) is 14.0. The summed E-state index contributed by atoms with van der Waals surface area (Å²) >= 11 is 0. The molecule has 2 saturated carbocycles. The number of carboxylic acids is 1. The highest BCUT2D eigenvalue weighted by Gasteiger charge is 2.50. The molecule has 1 amide bonds. The summed E-state index contributed by atoms with van der Waals surface area (Å²) in [5.41, 5.74) is 2.83. The standard InChI is InChI=1S/C33H33FN2O4/c34-28-10-4-9-26-27(28)20-36(31(26)38)19-21-11-13-24(14-12-21)29(23-6-1-2-7-23)30(37)35-25-8-3-5-22(17-25)18-33(15-16-33)32(39)40/h3-5,8-14,17,20,23,29,38H,1-2,6-7,15-16,18-19H2,(H,35,37)(H,39,40)/t29-/m0/s1. The lowest BCUT2D eigenvalue weighted by Crippen LogP contribution is -2.26. The van der Waals surface area contributed by atoms with Crippen molar-refractivity contribution in [1.29, 1.82) is 0 Å².